The first kappa shape index (κ1) is 15.5. The molecule has 1 heterocycles. The molecule has 2 rings (SSSR count). The van der Waals surface area contributed by atoms with Crippen LogP contribution in [0.25, 0.3) is 0 Å². The lowest BCUT2D eigenvalue weighted by molar-refractivity contribution is -0.131. The third-order valence-electron chi connectivity index (χ3n) is 4.84. The van der Waals surface area contributed by atoms with Gasteiger partial charge < -0.3 is 10.6 Å². The maximum atomic E-state index is 12.5. The molecule has 20 heavy (non-hydrogen) atoms. The van der Waals surface area contributed by atoms with Crippen LogP contribution in [-0.2, 0) is 4.79 Å². The number of allylic oxidation sites excluding steroid dienone is 2. The molecule has 0 aromatic carbocycles. The van der Waals surface area contributed by atoms with E-state index >= 15 is 0 Å². The van der Waals surface area contributed by atoms with Crippen molar-refractivity contribution in [3.8, 4) is 0 Å². The zero-order valence-electron chi connectivity index (χ0n) is 13.0. The fraction of sp³-hybridized carbons (Fsp3) is 0.812. The molecular weight excluding hydrogens is 250 g/mol. The van der Waals surface area contributed by atoms with E-state index in [-0.39, 0.29) is 5.91 Å². The molecule has 2 aliphatic rings. The maximum Gasteiger partial charge on any atom is 0.240 e. The summed E-state index contributed by atoms with van der Waals surface area (Å²) in [5.41, 5.74) is 7.08. The molecule has 0 aromatic heterocycles. The molecule has 0 aromatic rings. The van der Waals surface area contributed by atoms with Gasteiger partial charge in [-0.2, -0.15) is 0 Å². The minimum absolute atomic E-state index is 0.256. The molecule has 2 unspecified atom stereocenters. The van der Waals surface area contributed by atoms with Crippen LogP contribution in [-0.4, -0.2) is 48.4 Å². The Hall–Kier alpha value is -0.870. The van der Waals surface area contributed by atoms with Crippen LogP contribution in [0.5, 0.6) is 0 Å². The molecule has 4 nitrogen and oxygen atoms in total. The molecular formula is C16H29N3O. The molecule has 1 aliphatic carbocycles. The van der Waals surface area contributed by atoms with Gasteiger partial charge in [0.25, 0.3) is 0 Å². The number of likely N-dealkylation sites (tertiary alicyclic amines) is 1. The van der Waals surface area contributed by atoms with Crippen molar-refractivity contribution in [2.45, 2.75) is 39.5 Å². The summed E-state index contributed by atoms with van der Waals surface area (Å²) < 4.78 is 0. The van der Waals surface area contributed by atoms with Crippen LogP contribution in [0.1, 0.15) is 39.5 Å². The third kappa shape index (κ3) is 3.61. The highest BCUT2D eigenvalue weighted by atomic mass is 16.2. The van der Waals surface area contributed by atoms with Crippen molar-refractivity contribution in [2.24, 2.45) is 17.6 Å². The number of rotatable bonds is 5. The number of piperidine rings is 1. The van der Waals surface area contributed by atoms with E-state index in [9.17, 15) is 4.79 Å². The summed E-state index contributed by atoms with van der Waals surface area (Å²) in [6, 6.07) is 0. The SMILES string of the molecule is CCN(C(=O)CN1CCC(C)C(CN)C1)C1=CCCC1. The molecule has 1 saturated heterocycles. The Balaban J connectivity index is 1.90. The van der Waals surface area contributed by atoms with Crippen molar-refractivity contribution in [1.82, 2.24) is 9.80 Å². The second-order valence-electron chi connectivity index (χ2n) is 6.22. The molecule has 0 spiro atoms. The van der Waals surface area contributed by atoms with Gasteiger partial charge in [0.2, 0.25) is 5.91 Å². The van der Waals surface area contributed by atoms with Gasteiger partial charge in [0.1, 0.15) is 0 Å². The molecule has 1 amide bonds. The third-order valence-corrected chi connectivity index (χ3v) is 4.84. The van der Waals surface area contributed by atoms with Gasteiger partial charge in [-0.1, -0.05) is 13.0 Å². The van der Waals surface area contributed by atoms with Gasteiger partial charge in [-0.05, 0) is 57.5 Å². The number of carbonyl (C=O) groups is 1. The summed E-state index contributed by atoms with van der Waals surface area (Å²) in [7, 11) is 0. The number of carbonyl (C=O) groups excluding carboxylic acids is 1. The summed E-state index contributed by atoms with van der Waals surface area (Å²) >= 11 is 0. The van der Waals surface area contributed by atoms with Crippen LogP contribution >= 0.6 is 0 Å². The molecule has 4 heteroatoms. The first-order valence-electron chi connectivity index (χ1n) is 8.07. The minimum atomic E-state index is 0.256. The van der Waals surface area contributed by atoms with Crippen molar-refractivity contribution in [3.63, 3.8) is 0 Å². The Bertz CT molecular complexity index is 367. The van der Waals surface area contributed by atoms with Gasteiger partial charge in [0.05, 0.1) is 6.54 Å². The van der Waals surface area contributed by atoms with Crippen LogP contribution in [0, 0.1) is 11.8 Å². The van der Waals surface area contributed by atoms with Gasteiger partial charge >= 0.3 is 0 Å². The maximum absolute atomic E-state index is 12.5. The molecule has 1 aliphatic heterocycles. The van der Waals surface area contributed by atoms with Crippen molar-refractivity contribution in [1.29, 1.82) is 0 Å². The van der Waals surface area contributed by atoms with E-state index in [0.717, 1.165) is 45.4 Å². The van der Waals surface area contributed by atoms with Gasteiger partial charge in [-0.3, -0.25) is 9.69 Å². The zero-order chi connectivity index (χ0) is 14.5. The quantitative estimate of drug-likeness (QED) is 0.835. The summed E-state index contributed by atoms with van der Waals surface area (Å²) in [6.07, 6.45) is 6.75. The number of likely N-dealkylation sites (N-methyl/N-ethyl adjacent to an activating group) is 1. The van der Waals surface area contributed by atoms with Gasteiger partial charge in [-0.15, -0.1) is 0 Å². The number of nitrogens with zero attached hydrogens (tertiary/aromatic N) is 2. The van der Waals surface area contributed by atoms with Crippen LogP contribution in [0.15, 0.2) is 11.8 Å². The Morgan fingerprint density at radius 1 is 1.55 bits per heavy atom. The fourth-order valence-corrected chi connectivity index (χ4v) is 3.39. The van der Waals surface area contributed by atoms with Crippen molar-refractivity contribution in [3.05, 3.63) is 11.8 Å². The molecule has 2 N–H and O–H groups in total. The fourth-order valence-electron chi connectivity index (χ4n) is 3.39. The second-order valence-corrected chi connectivity index (χ2v) is 6.22. The highest BCUT2D eigenvalue weighted by molar-refractivity contribution is 5.80. The predicted octanol–water partition coefficient (Wildman–Crippen LogP) is 1.82. The van der Waals surface area contributed by atoms with Gasteiger partial charge in [0, 0.05) is 18.8 Å². The molecule has 2 atom stereocenters. The minimum Gasteiger partial charge on any atom is -0.330 e. The van der Waals surface area contributed by atoms with E-state index in [0.29, 0.717) is 18.4 Å². The van der Waals surface area contributed by atoms with E-state index in [1.54, 1.807) is 0 Å². The Morgan fingerprint density at radius 2 is 2.35 bits per heavy atom. The van der Waals surface area contributed by atoms with Crippen LogP contribution < -0.4 is 5.73 Å². The lowest BCUT2D eigenvalue weighted by Crippen LogP contribution is -2.47. The normalized spacial score (nSPS) is 27.4. The first-order chi connectivity index (χ1) is 9.65. The van der Waals surface area contributed by atoms with Gasteiger partial charge in [0.15, 0.2) is 0 Å². The standard InChI is InChI=1S/C16H29N3O/c1-3-19(15-6-4-5-7-15)16(20)12-18-9-8-13(2)14(10-17)11-18/h6,13-14H,3-5,7-12,17H2,1-2H3. The van der Waals surface area contributed by atoms with E-state index in [2.05, 4.69) is 24.8 Å². The van der Waals surface area contributed by atoms with E-state index in [1.807, 2.05) is 4.90 Å². The van der Waals surface area contributed by atoms with E-state index < -0.39 is 0 Å². The lowest BCUT2D eigenvalue weighted by Gasteiger charge is -2.37. The van der Waals surface area contributed by atoms with Crippen LogP contribution in [0.3, 0.4) is 0 Å². The number of hydrogen-bond donors (Lipinski definition) is 1. The van der Waals surface area contributed by atoms with E-state index in [4.69, 9.17) is 5.73 Å². The first-order valence-corrected chi connectivity index (χ1v) is 8.07. The predicted molar refractivity (Wildman–Crippen MR) is 82.1 cm³/mol. The Morgan fingerprint density at radius 3 is 2.95 bits per heavy atom. The van der Waals surface area contributed by atoms with Crippen molar-refractivity contribution < 1.29 is 4.79 Å². The van der Waals surface area contributed by atoms with Crippen molar-refractivity contribution >= 4 is 5.91 Å². The largest absolute Gasteiger partial charge is 0.330 e. The monoisotopic (exact) mass is 279 g/mol. The summed E-state index contributed by atoms with van der Waals surface area (Å²) in [6.45, 7) is 8.41. The molecule has 0 bridgehead atoms. The smallest absolute Gasteiger partial charge is 0.240 e. The average molecular weight is 279 g/mol. The van der Waals surface area contributed by atoms with Crippen LogP contribution in [0.4, 0.5) is 0 Å². The highest BCUT2D eigenvalue weighted by Crippen LogP contribution is 2.24. The summed E-state index contributed by atoms with van der Waals surface area (Å²) in [4.78, 5) is 16.8. The van der Waals surface area contributed by atoms with Gasteiger partial charge in [-0.25, -0.2) is 0 Å². The topological polar surface area (TPSA) is 49.6 Å². The Kier molecular flexibility index (Phi) is 5.61. The highest BCUT2D eigenvalue weighted by Gasteiger charge is 2.28. The summed E-state index contributed by atoms with van der Waals surface area (Å²) in [5, 5.41) is 0. The molecule has 1 fully saturated rings. The Labute approximate surface area is 123 Å². The number of nitrogens with two attached hydrogens (primary N) is 1. The number of amides is 1. The molecule has 114 valence electrons. The van der Waals surface area contributed by atoms with Crippen LogP contribution in [0.2, 0.25) is 0 Å². The number of hydrogen-bond acceptors (Lipinski definition) is 3. The lowest BCUT2D eigenvalue weighted by atomic mass is 9.87. The molecule has 0 radical (unpaired) electrons. The zero-order valence-corrected chi connectivity index (χ0v) is 13.0. The second kappa shape index (κ2) is 7.23. The summed E-state index contributed by atoms with van der Waals surface area (Å²) in [5.74, 6) is 1.48. The molecule has 0 saturated carbocycles. The van der Waals surface area contributed by atoms with E-state index in [1.165, 1.54) is 12.1 Å². The van der Waals surface area contributed by atoms with Crippen molar-refractivity contribution in [2.75, 3.05) is 32.7 Å². The average Bonchev–Trinajstić information content (AvgIpc) is 2.95.